The van der Waals surface area contributed by atoms with Crippen LogP contribution in [0.25, 0.3) is 22.4 Å². The summed E-state index contributed by atoms with van der Waals surface area (Å²) in [7, 11) is 1.72. The lowest BCUT2D eigenvalue weighted by atomic mass is 9.99. The van der Waals surface area contributed by atoms with Crippen LogP contribution in [0.4, 0.5) is 0 Å². The maximum Gasteiger partial charge on any atom is 0.0793 e. The molecule has 106 valence electrons. The van der Waals surface area contributed by atoms with Crippen molar-refractivity contribution in [3.63, 3.8) is 0 Å². The van der Waals surface area contributed by atoms with Crippen LogP contribution >= 0.6 is 0 Å². The van der Waals surface area contributed by atoms with Crippen LogP contribution in [0.5, 0.6) is 0 Å². The van der Waals surface area contributed by atoms with Crippen LogP contribution in [0.3, 0.4) is 0 Å². The third-order valence-electron chi connectivity index (χ3n) is 3.63. The molecule has 0 spiro atoms. The van der Waals surface area contributed by atoms with Gasteiger partial charge in [0.15, 0.2) is 0 Å². The fraction of sp³-hybridized carbons (Fsp3) is 0.176. The standard InChI is InChI=1S/C17H17N3O/c1-12(21-2)14-4-3-5-15(10-14)16-11-19-20-17(16)13-6-8-18-9-7-13/h3-12H,1-2H3,(H,19,20). The molecule has 0 amide bonds. The summed E-state index contributed by atoms with van der Waals surface area (Å²) in [6.07, 6.45) is 5.49. The molecule has 0 aliphatic heterocycles. The van der Waals surface area contributed by atoms with Crippen molar-refractivity contribution in [3.8, 4) is 22.4 Å². The van der Waals surface area contributed by atoms with Gasteiger partial charge in [-0.3, -0.25) is 10.1 Å². The minimum Gasteiger partial charge on any atom is -0.377 e. The van der Waals surface area contributed by atoms with Crippen molar-refractivity contribution in [2.45, 2.75) is 13.0 Å². The molecule has 2 aromatic heterocycles. The molecule has 1 atom stereocenters. The van der Waals surface area contributed by atoms with Crippen LogP contribution in [-0.4, -0.2) is 22.3 Å². The van der Waals surface area contributed by atoms with Gasteiger partial charge in [-0.2, -0.15) is 5.10 Å². The molecule has 0 bridgehead atoms. The molecule has 1 N–H and O–H groups in total. The van der Waals surface area contributed by atoms with E-state index in [1.54, 1.807) is 19.5 Å². The first kappa shape index (κ1) is 13.5. The highest BCUT2D eigenvalue weighted by Gasteiger charge is 2.11. The Balaban J connectivity index is 2.05. The number of H-pyrrole nitrogens is 1. The Bertz CT molecular complexity index is 722. The van der Waals surface area contributed by atoms with Gasteiger partial charge < -0.3 is 4.74 Å². The van der Waals surface area contributed by atoms with Crippen molar-refractivity contribution in [1.29, 1.82) is 0 Å². The number of benzene rings is 1. The van der Waals surface area contributed by atoms with Crippen molar-refractivity contribution >= 4 is 0 Å². The number of pyridine rings is 1. The molecular formula is C17H17N3O. The second-order valence-electron chi connectivity index (χ2n) is 4.90. The van der Waals surface area contributed by atoms with Crippen LogP contribution in [0, 0.1) is 0 Å². The molecule has 1 unspecified atom stereocenters. The molecule has 0 fully saturated rings. The van der Waals surface area contributed by atoms with E-state index in [0.717, 1.165) is 27.9 Å². The van der Waals surface area contributed by atoms with Crippen molar-refractivity contribution < 1.29 is 4.74 Å². The predicted molar refractivity (Wildman–Crippen MR) is 82.7 cm³/mol. The van der Waals surface area contributed by atoms with E-state index in [-0.39, 0.29) is 6.10 Å². The molecule has 0 aliphatic carbocycles. The number of nitrogens with one attached hydrogen (secondary N) is 1. The van der Waals surface area contributed by atoms with E-state index in [4.69, 9.17) is 4.74 Å². The van der Waals surface area contributed by atoms with Crippen molar-refractivity contribution in [2.75, 3.05) is 7.11 Å². The van der Waals surface area contributed by atoms with Gasteiger partial charge in [0, 0.05) is 30.6 Å². The van der Waals surface area contributed by atoms with E-state index in [0.29, 0.717) is 0 Å². The number of aromatic amines is 1. The number of ether oxygens (including phenoxy) is 1. The van der Waals surface area contributed by atoms with Crippen molar-refractivity contribution in [2.24, 2.45) is 0 Å². The number of rotatable bonds is 4. The summed E-state index contributed by atoms with van der Waals surface area (Å²) in [6, 6.07) is 12.3. The number of hydrogen-bond donors (Lipinski definition) is 1. The van der Waals surface area contributed by atoms with Crippen LogP contribution in [-0.2, 0) is 4.74 Å². The zero-order valence-corrected chi connectivity index (χ0v) is 12.1. The normalized spacial score (nSPS) is 12.3. The van der Waals surface area contributed by atoms with Gasteiger partial charge in [0.1, 0.15) is 0 Å². The van der Waals surface area contributed by atoms with E-state index in [1.165, 1.54) is 0 Å². The molecule has 4 heteroatoms. The maximum absolute atomic E-state index is 5.39. The summed E-state index contributed by atoms with van der Waals surface area (Å²) < 4.78 is 5.39. The molecule has 1 aromatic carbocycles. The summed E-state index contributed by atoms with van der Waals surface area (Å²) >= 11 is 0. The van der Waals surface area contributed by atoms with E-state index >= 15 is 0 Å². The number of nitrogens with zero attached hydrogens (tertiary/aromatic N) is 2. The number of methoxy groups -OCH3 is 1. The molecular weight excluding hydrogens is 262 g/mol. The third-order valence-corrected chi connectivity index (χ3v) is 3.63. The molecule has 0 saturated carbocycles. The SMILES string of the molecule is COC(C)c1cccc(-c2cn[nH]c2-c2ccncc2)c1. The van der Waals surface area contributed by atoms with Crippen LogP contribution < -0.4 is 0 Å². The minimum absolute atomic E-state index is 0.0706. The maximum atomic E-state index is 5.39. The Morgan fingerprint density at radius 3 is 2.67 bits per heavy atom. The highest BCUT2D eigenvalue weighted by atomic mass is 16.5. The lowest BCUT2D eigenvalue weighted by molar-refractivity contribution is 0.119. The molecule has 2 heterocycles. The number of aromatic nitrogens is 3. The summed E-state index contributed by atoms with van der Waals surface area (Å²) in [5.41, 5.74) is 5.42. The molecule has 21 heavy (non-hydrogen) atoms. The minimum atomic E-state index is 0.0706. The summed E-state index contributed by atoms with van der Waals surface area (Å²) in [6.45, 7) is 2.04. The summed E-state index contributed by atoms with van der Waals surface area (Å²) in [5, 5.41) is 7.27. The monoisotopic (exact) mass is 279 g/mol. The zero-order chi connectivity index (χ0) is 14.7. The molecule has 4 nitrogen and oxygen atoms in total. The van der Waals surface area contributed by atoms with Crippen LogP contribution in [0.2, 0.25) is 0 Å². The van der Waals surface area contributed by atoms with Gasteiger partial charge in [-0.25, -0.2) is 0 Å². The molecule has 0 saturated heterocycles. The third kappa shape index (κ3) is 2.71. The molecule has 3 rings (SSSR count). The van der Waals surface area contributed by atoms with Gasteiger partial charge >= 0.3 is 0 Å². The summed E-state index contributed by atoms with van der Waals surface area (Å²) in [4.78, 5) is 4.06. The highest BCUT2D eigenvalue weighted by molar-refractivity contribution is 5.80. The Kier molecular flexibility index (Phi) is 3.79. The topological polar surface area (TPSA) is 50.8 Å². The van der Waals surface area contributed by atoms with E-state index in [2.05, 4.69) is 33.4 Å². The molecule has 0 radical (unpaired) electrons. The van der Waals surface area contributed by atoms with Gasteiger partial charge in [-0.1, -0.05) is 18.2 Å². The first-order chi connectivity index (χ1) is 10.3. The second-order valence-corrected chi connectivity index (χ2v) is 4.90. The second kappa shape index (κ2) is 5.89. The van der Waals surface area contributed by atoms with Gasteiger partial charge in [0.25, 0.3) is 0 Å². The first-order valence-corrected chi connectivity index (χ1v) is 6.86. The number of hydrogen-bond acceptors (Lipinski definition) is 3. The van der Waals surface area contributed by atoms with Crippen LogP contribution in [0.1, 0.15) is 18.6 Å². The predicted octanol–water partition coefficient (Wildman–Crippen LogP) is 3.85. The Labute approximate surface area is 123 Å². The van der Waals surface area contributed by atoms with E-state index in [9.17, 15) is 0 Å². The van der Waals surface area contributed by atoms with Crippen molar-refractivity contribution in [3.05, 3.63) is 60.6 Å². The summed E-state index contributed by atoms with van der Waals surface area (Å²) in [5.74, 6) is 0. The van der Waals surface area contributed by atoms with Gasteiger partial charge in [-0.15, -0.1) is 0 Å². The van der Waals surface area contributed by atoms with Gasteiger partial charge in [-0.05, 0) is 36.2 Å². The van der Waals surface area contributed by atoms with E-state index in [1.807, 2.05) is 31.3 Å². The fourth-order valence-corrected chi connectivity index (χ4v) is 2.34. The lowest BCUT2D eigenvalue weighted by Gasteiger charge is -2.11. The zero-order valence-electron chi connectivity index (χ0n) is 12.1. The first-order valence-electron chi connectivity index (χ1n) is 6.86. The van der Waals surface area contributed by atoms with Gasteiger partial charge in [0.2, 0.25) is 0 Å². The van der Waals surface area contributed by atoms with Crippen LogP contribution in [0.15, 0.2) is 55.0 Å². The molecule has 3 aromatic rings. The quantitative estimate of drug-likeness (QED) is 0.789. The Morgan fingerprint density at radius 1 is 1.10 bits per heavy atom. The Hall–Kier alpha value is -2.46. The van der Waals surface area contributed by atoms with Crippen molar-refractivity contribution in [1.82, 2.24) is 15.2 Å². The lowest BCUT2D eigenvalue weighted by Crippen LogP contribution is -1.95. The van der Waals surface area contributed by atoms with Gasteiger partial charge in [0.05, 0.1) is 18.0 Å². The Morgan fingerprint density at radius 2 is 1.90 bits per heavy atom. The largest absolute Gasteiger partial charge is 0.377 e. The average Bonchev–Trinajstić information content (AvgIpc) is 3.04. The van der Waals surface area contributed by atoms with E-state index < -0.39 is 0 Å². The fourth-order valence-electron chi connectivity index (χ4n) is 2.34. The smallest absolute Gasteiger partial charge is 0.0793 e. The molecule has 0 aliphatic rings. The highest BCUT2D eigenvalue weighted by Crippen LogP contribution is 2.31. The average molecular weight is 279 g/mol.